The molecule has 11 heteroatoms. The van der Waals surface area contributed by atoms with Crippen LogP contribution in [0, 0.1) is 6.92 Å². The van der Waals surface area contributed by atoms with Crippen molar-refractivity contribution >= 4 is 34.5 Å². The third-order valence-corrected chi connectivity index (χ3v) is 4.46. The Morgan fingerprint density at radius 2 is 2.17 bits per heavy atom. The molecule has 126 valence electrons. The topological polar surface area (TPSA) is 116 Å². The van der Waals surface area contributed by atoms with E-state index in [-0.39, 0.29) is 11.3 Å². The van der Waals surface area contributed by atoms with E-state index in [1.807, 2.05) is 0 Å². The minimum Gasteiger partial charge on any atom is -0.465 e. The molecule has 2 heterocycles. The highest BCUT2D eigenvalue weighted by Crippen LogP contribution is 2.24. The van der Waals surface area contributed by atoms with Gasteiger partial charge in [-0.15, -0.1) is 5.53 Å². The molecule has 0 aliphatic carbocycles. The highest BCUT2D eigenvalue weighted by Gasteiger charge is 2.30. The zero-order valence-corrected chi connectivity index (χ0v) is 13.6. The third kappa shape index (κ3) is 2.81. The lowest BCUT2D eigenvalue weighted by Crippen LogP contribution is -2.45. The molecule has 0 atom stereocenters. The molecule has 0 saturated carbocycles. The van der Waals surface area contributed by atoms with Crippen molar-refractivity contribution in [2.75, 3.05) is 11.8 Å². The molecule has 0 aromatic heterocycles. The molecule has 0 saturated heterocycles. The van der Waals surface area contributed by atoms with Crippen molar-refractivity contribution in [1.29, 1.82) is 0 Å². The number of para-hydroxylation sites is 1. The molecule has 1 aromatic rings. The lowest BCUT2D eigenvalue weighted by Gasteiger charge is -2.22. The summed E-state index contributed by atoms with van der Waals surface area (Å²) in [5.74, 6) is -0.286. The van der Waals surface area contributed by atoms with Crippen LogP contribution in [0.25, 0.3) is 0 Å². The van der Waals surface area contributed by atoms with Gasteiger partial charge in [0.1, 0.15) is 12.7 Å². The molecule has 0 bridgehead atoms. The van der Waals surface area contributed by atoms with Gasteiger partial charge in [0.05, 0.1) is 24.6 Å². The fraction of sp³-hybridized carbons (Fsp3) is 0.154. The summed E-state index contributed by atoms with van der Waals surface area (Å²) < 4.78 is 33.1. The summed E-state index contributed by atoms with van der Waals surface area (Å²) >= 11 is 0. The Kier molecular flexibility index (Phi) is 3.95. The molecule has 2 N–H and O–H groups in total. The summed E-state index contributed by atoms with van der Waals surface area (Å²) in [6.45, 7) is 1.68. The Bertz CT molecular complexity index is 876. The Hall–Kier alpha value is -2.92. The standard InChI is InChI=1S/C13H14N6O4S/c1-9-4-3-5-10(13(20)23-2)12(9)16-24(21,22)19-6-11-15-7-14-8-18(11)17-19/h3-8,16-17H,1-2H3. The number of rotatable bonds is 4. The van der Waals surface area contributed by atoms with Crippen molar-refractivity contribution < 1.29 is 17.9 Å². The number of fused-ring (bicyclic) bond motifs is 1. The number of aliphatic imine (C=N–C) groups is 2. The van der Waals surface area contributed by atoms with Gasteiger partial charge in [0.2, 0.25) is 0 Å². The van der Waals surface area contributed by atoms with E-state index in [4.69, 9.17) is 0 Å². The van der Waals surface area contributed by atoms with Crippen molar-refractivity contribution in [2.45, 2.75) is 6.92 Å². The largest absolute Gasteiger partial charge is 0.465 e. The number of carbonyl (C=O) groups is 1. The van der Waals surface area contributed by atoms with Crippen molar-refractivity contribution in [1.82, 2.24) is 15.0 Å². The SMILES string of the molecule is COC(=O)c1cccc(C)c1NS(=O)(=O)N1C=C2N=CN=CN2N1. The summed E-state index contributed by atoms with van der Waals surface area (Å²) in [4.78, 5) is 19.6. The van der Waals surface area contributed by atoms with Crippen molar-refractivity contribution in [3.8, 4) is 0 Å². The van der Waals surface area contributed by atoms with Crippen LogP contribution in [0.1, 0.15) is 15.9 Å². The van der Waals surface area contributed by atoms with Gasteiger partial charge in [-0.2, -0.15) is 12.8 Å². The molecule has 3 rings (SSSR count). The summed E-state index contributed by atoms with van der Waals surface area (Å²) in [5.41, 5.74) is 3.42. The van der Waals surface area contributed by atoms with Crippen LogP contribution in [0.3, 0.4) is 0 Å². The first-order valence-electron chi connectivity index (χ1n) is 6.75. The number of esters is 1. The number of carbonyl (C=O) groups excluding carboxylic acids is 1. The molecule has 0 amide bonds. The van der Waals surface area contributed by atoms with Gasteiger partial charge in [-0.05, 0) is 18.6 Å². The van der Waals surface area contributed by atoms with Gasteiger partial charge in [-0.25, -0.2) is 19.8 Å². The van der Waals surface area contributed by atoms with Gasteiger partial charge < -0.3 is 4.74 Å². The molecule has 0 radical (unpaired) electrons. The van der Waals surface area contributed by atoms with Crippen LogP contribution >= 0.6 is 0 Å². The van der Waals surface area contributed by atoms with Gasteiger partial charge in [0, 0.05) is 0 Å². The number of benzene rings is 1. The van der Waals surface area contributed by atoms with Gasteiger partial charge in [-0.1, -0.05) is 12.1 Å². The third-order valence-electron chi connectivity index (χ3n) is 3.29. The predicted molar refractivity (Wildman–Crippen MR) is 86.9 cm³/mol. The molecule has 24 heavy (non-hydrogen) atoms. The number of nitrogens with zero attached hydrogens (tertiary/aromatic N) is 4. The van der Waals surface area contributed by atoms with Crippen LogP contribution in [0.5, 0.6) is 0 Å². The maximum Gasteiger partial charge on any atom is 0.340 e. The molecule has 10 nitrogen and oxygen atoms in total. The quantitative estimate of drug-likeness (QED) is 0.757. The van der Waals surface area contributed by atoms with Crippen LogP contribution in [0.4, 0.5) is 5.69 Å². The van der Waals surface area contributed by atoms with Crippen LogP contribution in [0.2, 0.25) is 0 Å². The zero-order valence-electron chi connectivity index (χ0n) is 12.8. The smallest absolute Gasteiger partial charge is 0.340 e. The summed E-state index contributed by atoms with van der Waals surface area (Å²) in [6.07, 6.45) is 3.95. The molecule has 2 aliphatic heterocycles. The summed E-state index contributed by atoms with van der Waals surface area (Å²) in [6, 6.07) is 4.80. The van der Waals surface area contributed by atoms with Crippen molar-refractivity contribution in [2.24, 2.45) is 9.98 Å². The van der Waals surface area contributed by atoms with E-state index in [1.54, 1.807) is 19.1 Å². The van der Waals surface area contributed by atoms with Crippen LogP contribution < -0.4 is 10.3 Å². The fourth-order valence-corrected chi connectivity index (χ4v) is 3.16. The number of aryl methyl sites for hydroxylation is 1. The van der Waals surface area contributed by atoms with E-state index in [0.717, 1.165) is 4.41 Å². The molecule has 2 aliphatic rings. The number of methoxy groups -OCH3 is 1. The number of hydrogen-bond donors (Lipinski definition) is 2. The maximum absolute atomic E-state index is 12.6. The summed E-state index contributed by atoms with van der Waals surface area (Å²) in [5, 5.41) is 1.33. The van der Waals surface area contributed by atoms with Crippen molar-refractivity contribution in [3.63, 3.8) is 0 Å². The lowest BCUT2D eigenvalue weighted by atomic mass is 10.1. The average Bonchev–Trinajstić information content (AvgIpc) is 3.01. The number of anilines is 1. The molecule has 1 aromatic carbocycles. The van der Waals surface area contributed by atoms with Gasteiger partial charge in [0.15, 0.2) is 5.82 Å². The van der Waals surface area contributed by atoms with E-state index in [2.05, 4.69) is 25.0 Å². The number of hydrogen-bond acceptors (Lipinski definition) is 8. The van der Waals surface area contributed by atoms with E-state index < -0.39 is 16.2 Å². The predicted octanol–water partition coefficient (Wildman–Crippen LogP) is 0.345. The van der Waals surface area contributed by atoms with Gasteiger partial charge in [-0.3, -0.25) is 4.72 Å². The van der Waals surface area contributed by atoms with E-state index >= 15 is 0 Å². The normalized spacial score (nSPS) is 16.0. The second kappa shape index (κ2) is 5.94. The van der Waals surface area contributed by atoms with E-state index in [9.17, 15) is 13.2 Å². The summed E-state index contributed by atoms with van der Waals surface area (Å²) in [7, 11) is -2.82. The van der Waals surface area contributed by atoms with Crippen LogP contribution in [-0.4, -0.2) is 43.6 Å². The van der Waals surface area contributed by atoms with Crippen LogP contribution in [-0.2, 0) is 14.9 Å². The Morgan fingerprint density at radius 3 is 2.88 bits per heavy atom. The Morgan fingerprint density at radius 1 is 1.38 bits per heavy atom. The number of hydrazine groups is 2. The molecular formula is C13H14N6O4S. The average molecular weight is 350 g/mol. The number of ether oxygens (including phenoxy) is 1. The van der Waals surface area contributed by atoms with E-state index in [0.29, 0.717) is 11.4 Å². The first-order valence-corrected chi connectivity index (χ1v) is 8.19. The Labute approximate surface area is 138 Å². The number of nitrogens with one attached hydrogen (secondary N) is 2. The monoisotopic (exact) mass is 350 g/mol. The Balaban J connectivity index is 1.91. The zero-order chi connectivity index (χ0) is 17.3. The molecular weight excluding hydrogens is 336 g/mol. The van der Waals surface area contributed by atoms with E-state index in [1.165, 1.54) is 37.1 Å². The second-order valence-corrected chi connectivity index (χ2v) is 6.41. The molecule has 0 spiro atoms. The van der Waals surface area contributed by atoms with Gasteiger partial charge >= 0.3 is 16.2 Å². The minimum absolute atomic E-state index is 0.116. The second-order valence-electron chi connectivity index (χ2n) is 4.86. The van der Waals surface area contributed by atoms with Crippen LogP contribution in [0.15, 0.2) is 40.2 Å². The highest BCUT2D eigenvalue weighted by molar-refractivity contribution is 7.90. The van der Waals surface area contributed by atoms with Crippen molar-refractivity contribution in [3.05, 3.63) is 41.3 Å². The first-order chi connectivity index (χ1) is 11.4. The lowest BCUT2D eigenvalue weighted by molar-refractivity contribution is 0.0602. The van der Waals surface area contributed by atoms with Gasteiger partial charge in [0.25, 0.3) is 0 Å². The fourth-order valence-electron chi connectivity index (χ4n) is 2.11. The molecule has 0 fully saturated rings. The first kappa shape index (κ1) is 16.0. The maximum atomic E-state index is 12.6. The minimum atomic E-state index is -4.05. The molecule has 0 unspecified atom stereocenters. The highest BCUT2D eigenvalue weighted by atomic mass is 32.2.